The minimum atomic E-state index is -0.125. The van der Waals surface area contributed by atoms with Crippen LogP contribution in [-0.2, 0) is 197 Å². The number of thiazole rings is 1. The maximum atomic E-state index is 10.0. The van der Waals surface area contributed by atoms with E-state index in [-0.39, 0.29) is 174 Å². The van der Waals surface area contributed by atoms with Crippen molar-refractivity contribution in [1.82, 2.24) is 66.9 Å². The second kappa shape index (κ2) is 64.8. The van der Waals surface area contributed by atoms with Crippen LogP contribution < -0.4 is 4.74 Å². The molecule has 5 N–H and O–H groups in total. The predicted octanol–water partition coefficient (Wildman–Crippen LogP) is 24.6. The zero-order valence-electron chi connectivity index (χ0n) is 83.8. The average Bonchev–Trinajstić information content (AvgIpc) is 1.62. The van der Waals surface area contributed by atoms with Crippen LogP contribution in [-0.4, -0.2) is 123 Å². The van der Waals surface area contributed by atoms with Crippen LogP contribution in [0.25, 0.3) is 146 Å². The van der Waals surface area contributed by atoms with Crippen molar-refractivity contribution >= 4 is 45.8 Å². The summed E-state index contributed by atoms with van der Waals surface area (Å²) >= 11 is 3.28. The van der Waals surface area contributed by atoms with Gasteiger partial charge in [0, 0.05) is 263 Å². The van der Waals surface area contributed by atoms with Crippen molar-refractivity contribution in [2.45, 2.75) is 68.9 Å². The third kappa shape index (κ3) is 37.3. The first-order chi connectivity index (χ1) is 68.3. The number of ether oxygens (including phenoxy) is 1. The van der Waals surface area contributed by atoms with E-state index in [4.69, 9.17) is 38.4 Å². The van der Waals surface area contributed by atoms with Crippen LogP contribution in [0.4, 0.5) is 0 Å². The quantitative estimate of drug-likeness (QED) is 0.0285. The Morgan fingerprint density at radius 3 is 1.32 bits per heavy atom. The van der Waals surface area contributed by atoms with Crippen molar-refractivity contribution < 1.29 is 184 Å². The van der Waals surface area contributed by atoms with Gasteiger partial charge < -0.3 is 90.4 Å². The number of hydrogen-bond donors (Lipinski definition) is 5. The standard InChI is InChI=1S/C21H17N2O.C17H18N3O2.2C14H11N2O.C14H11N2S.C13H10N3S.4C5H8O2.5Ir.Pt/c1-15-13-22-21(23(15)2)18-14-24-20(17-11-7-4-8-12-17)19(18)16-9-5-3-6-10-16;1-19-8-7-18-17(19)13-9-14(20(2)10-13)16-12(11-21)5-4-6-15(16)22-3;1-16-9-8-15-14(16)12-7-10-17-13(12)11-5-3-2-4-6-11;1-16-9-7-12(14-15-8-10-17-14)13(16)11-5-3-2-4-6-11;1-16-8-7-12(13-9-17-10-15-13)14(16)11-5-3-2-4-6-11;1-16-8-7-15-13(16)11-4-9-17-12(11)10-2-5-14-6-3-10;4*1-4(6)3-5(2)7;;;;;;/h3-13H,1-2H3;4-9,21H,11H2,1-3H3;3*2-6,8-10H,1H3;2-3,5-9H,1H3;4*3,6H,1-2H3;;;;;;/q6*-1;;;;;;;;;;. The first-order valence-electron chi connectivity index (χ1n) is 44.3. The van der Waals surface area contributed by atoms with Crippen LogP contribution in [0.5, 0.6) is 5.75 Å². The molecule has 148 heavy (non-hydrogen) atoms. The molecule has 0 unspecified atom stereocenters. The molecule has 0 fully saturated rings. The molecule has 0 atom stereocenters. The average molecular weight is 3090 g/mol. The van der Waals surface area contributed by atoms with E-state index in [1.54, 1.807) is 79.5 Å². The second-order valence-corrected chi connectivity index (χ2v) is 33.3. The molecule has 19 aromatic rings. The number of pyridine rings is 1. The number of furan rings is 2. The van der Waals surface area contributed by atoms with Gasteiger partial charge in [-0.2, -0.15) is 18.2 Å². The first kappa shape index (κ1) is 127. The van der Waals surface area contributed by atoms with Crippen molar-refractivity contribution in [3.05, 3.63) is 387 Å². The Morgan fingerprint density at radius 2 is 0.905 bits per heavy atom. The predicted molar refractivity (Wildman–Crippen MR) is 558 cm³/mol. The van der Waals surface area contributed by atoms with Crippen molar-refractivity contribution in [3.8, 4) is 152 Å². The zero-order valence-corrected chi connectivity index (χ0v) is 99.7. The van der Waals surface area contributed by atoms with Gasteiger partial charge in [-0.3, -0.25) is 39.1 Å². The number of imidazole rings is 4. The topological polar surface area (TPSA) is 343 Å². The number of carbonyl (C=O) groups is 4. The van der Waals surface area contributed by atoms with Crippen LogP contribution in [0, 0.1) is 43.6 Å². The van der Waals surface area contributed by atoms with Gasteiger partial charge in [-0.15, -0.1) is 45.7 Å². The van der Waals surface area contributed by atoms with Crippen LogP contribution in [0.15, 0.2) is 352 Å². The van der Waals surface area contributed by atoms with Gasteiger partial charge in [-0.05, 0) is 149 Å². The number of benzene rings is 6. The summed E-state index contributed by atoms with van der Waals surface area (Å²) in [6.07, 6.45) is 36.2. The van der Waals surface area contributed by atoms with Crippen LogP contribution in [0.2, 0.25) is 0 Å². The van der Waals surface area contributed by atoms with Crippen LogP contribution in [0.1, 0.15) is 66.6 Å². The van der Waals surface area contributed by atoms with Gasteiger partial charge in [0.25, 0.3) is 0 Å². The molecule has 13 aromatic heterocycles. The fourth-order valence-electron chi connectivity index (χ4n) is 14.2. The second-order valence-electron chi connectivity index (χ2n) is 31.7. The molecule has 13 heterocycles. The molecule has 5 radical (unpaired) electrons. The fourth-order valence-corrected chi connectivity index (χ4v) is 15.6. The molecule has 27 nitrogen and oxygen atoms in total. The molecule has 6 aromatic carbocycles. The molecule has 0 spiro atoms. The molecular weight excluding hydrogens is 2980 g/mol. The molecule has 783 valence electrons. The van der Waals surface area contributed by atoms with E-state index < -0.39 is 0 Å². The Hall–Kier alpha value is -13.2. The number of thiophene rings is 1. The van der Waals surface area contributed by atoms with E-state index in [1.807, 2.05) is 279 Å². The number of nitrogens with zero attached hydrogens (tertiary/aromatic N) is 14. The number of aryl methyl sites for hydroxylation is 7. The maximum Gasteiger partial charge on any atom is 0.155 e. The summed E-state index contributed by atoms with van der Waals surface area (Å²) in [6, 6.07) is 75.4. The molecular formula is C113H110Ir5N14O13PtS2-6. The zero-order chi connectivity index (χ0) is 102. The van der Waals surface area contributed by atoms with Gasteiger partial charge >= 0.3 is 0 Å². The summed E-state index contributed by atoms with van der Waals surface area (Å²) in [7, 11) is 15.5. The monoisotopic (exact) mass is 3090 g/mol. The number of aliphatic hydroxyl groups excluding tert-OH is 5. The van der Waals surface area contributed by atoms with Crippen molar-refractivity contribution in [2.75, 3.05) is 7.11 Å². The molecule has 35 heteroatoms. The minimum absolute atomic E-state index is 0. The Kier molecular flexibility index (Phi) is 55.6. The minimum Gasteiger partial charge on any atom is -0.557 e. The number of methoxy groups -OCH3 is 1. The van der Waals surface area contributed by atoms with E-state index >= 15 is 0 Å². The number of oxazole rings is 1. The number of hydrogen-bond acceptors (Lipinski definition) is 22. The number of allylic oxidation sites excluding steroid dienone is 8. The number of aromatic nitrogens is 14. The van der Waals surface area contributed by atoms with Gasteiger partial charge in [0.15, 0.2) is 23.1 Å². The summed E-state index contributed by atoms with van der Waals surface area (Å²) < 4.78 is 36.2. The summed E-state index contributed by atoms with van der Waals surface area (Å²) in [4.78, 5) is 71.4. The number of ketones is 4. The third-order valence-electron chi connectivity index (χ3n) is 20.4. The summed E-state index contributed by atoms with van der Waals surface area (Å²) in [5, 5.41) is 47.1. The van der Waals surface area contributed by atoms with Gasteiger partial charge in [0.05, 0.1) is 60.2 Å². The molecule has 0 aliphatic heterocycles. The summed E-state index contributed by atoms with van der Waals surface area (Å²) in [5.74, 6) is 6.21. The Morgan fingerprint density at radius 1 is 0.446 bits per heavy atom. The van der Waals surface area contributed by atoms with Gasteiger partial charge in [-0.25, -0.2) is 11.3 Å². The van der Waals surface area contributed by atoms with E-state index in [1.165, 1.54) is 90.1 Å². The molecule has 0 amide bonds. The van der Waals surface area contributed by atoms with Crippen molar-refractivity contribution in [3.63, 3.8) is 0 Å². The van der Waals surface area contributed by atoms with E-state index in [0.29, 0.717) is 5.89 Å². The van der Waals surface area contributed by atoms with Crippen LogP contribution in [0.3, 0.4) is 0 Å². The molecule has 0 saturated heterocycles. The van der Waals surface area contributed by atoms with E-state index in [2.05, 4.69) is 123 Å². The van der Waals surface area contributed by atoms with Crippen LogP contribution >= 0.6 is 22.7 Å². The maximum absolute atomic E-state index is 10.0. The summed E-state index contributed by atoms with van der Waals surface area (Å²) in [5.41, 5.74) is 22.2. The first-order valence-corrected chi connectivity index (χ1v) is 46.1. The number of rotatable bonds is 19. The normalized spacial score (nSPS) is 10.4. The van der Waals surface area contributed by atoms with Gasteiger partial charge in [0.2, 0.25) is 0 Å². The number of aliphatic hydroxyl groups is 5. The fraction of sp³-hybridized carbons (Fsp3) is 0.159. The SMILES string of the molecule is CC(=O)C=C(C)O.CC(=O)C=C(C)O.CC(=O)C=C(C)O.CC(=O)C=C(C)O.COc1cccc(CO)c1-c1cc(-c2nccn2C)[c-]n1C.Cc1cnc(-c2[c-]oc(-c3ccccc3)c2-c2ccccc2)n1C.Cn1c[c-]c(-c2cscn2)c1-c1ccccc1.Cn1c[c-]c(-c2ncco2)c1-c1ccccc1.Cn1ccnc1-c1[c-]coc1-c1ccccc1.Cn1ccnc1-c1[c-]csc1-c1ccncc1.[Ir].[Ir].[Ir].[Ir].[Ir].[Pt]. The smallest absolute Gasteiger partial charge is 0.155 e. The molecule has 0 aliphatic rings. The Bertz CT molecular complexity index is 6970. The van der Waals surface area contributed by atoms with E-state index in [0.717, 1.165) is 147 Å². The molecule has 0 bridgehead atoms. The van der Waals surface area contributed by atoms with E-state index in [9.17, 15) is 24.3 Å². The largest absolute Gasteiger partial charge is 0.557 e. The summed E-state index contributed by atoms with van der Waals surface area (Å²) in [6.45, 7) is 13.4. The third-order valence-corrected chi connectivity index (χ3v) is 21.9. The van der Waals surface area contributed by atoms with Crippen molar-refractivity contribution in [2.24, 2.45) is 49.3 Å². The van der Waals surface area contributed by atoms with Gasteiger partial charge in [0.1, 0.15) is 11.6 Å². The Labute approximate surface area is 951 Å². The molecule has 0 aliphatic carbocycles. The molecule has 0 saturated carbocycles. The number of carbonyl (C=O) groups excluding carboxylic acids is 4. The molecule has 19 rings (SSSR count). The Balaban J connectivity index is 0.000000350. The van der Waals surface area contributed by atoms with Crippen molar-refractivity contribution in [1.29, 1.82) is 0 Å². The van der Waals surface area contributed by atoms with Gasteiger partial charge in [-0.1, -0.05) is 249 Å².